The van der Waals surface area contributed by atoms with Crippen molar-refractivity contribution >= 4 is 18.0 Å². The second-order valence-corrected chi connectivity index (χ2v) is 4.78. The maximum absolute atomic E-state index is 11.7. The molecule has 0 heterocycles. The predicted molar refractivity (Wildman–Crippen MR) is 79.2 cm³/mol. The molecular weight excluding hydrogens is 286 g/mol. The SMILES string of the molecule is NC(CCC[C@H](N)C(=O)N=C=O)C(=O)OCc1ccccc1. The van der Waals surface area contributed by atoms with Gasteiger partial charge in [-0.2, -0.15) is 0 Å². The lowest BCUT2D eigenvalue weighted by Gasteiger charge is -2.12. The van der Waals surface area contributed by atoms with Gasteiger partial charge in [0.25, 0.3) is 5.91 Å². The van der Waals surface area contributed by atoms with Crippen molar-refractivity contribution in [3.05, 3.63) is 35.9 Å². The number of hydrogen-bond donors (Lipinski definition) is 2. The van der Waals surface area contributed by atoms with Crippen LogP contribution in [0.2, 0.25) is 0 Å². The van der Waals surface area contributed by atoms with Gasteiger partial charge in [0.15, 0.2) is 0 Å². The van der Waals surface area contributed by atoms with Crippen LogP contribution in [0.1, 0.15) is 24.8 Å². The van der Waals surface area contributed by atoms with Crippen molar-refractivity contribution in [1.82, 2.24) is 0 Å². The minimum Gasteiger partial charge on any atom is -0.460 e. The average Bonchev–Trinajstić information content (AvgIpc) is 2.53. The molecule has 0 fully saturated rings. The molecule has 1 aromatic carbocycles. The van der Waals surface area contributed by atoms with Gasteiger partial charge in [-0.15, -0.1) is 4.99 Å². The largest absolute Gasteiger partial charge is 0.460 e. The molecule has 0 spiro atoms. The van der Waals surface area contributed by atoms with Gasteiger partial charge in [-0.05, 0) is 24.8 Å². The zero-order valence-corrected chi connectivity index (χ0v) is 12.1. The van der Waals surface area contributed by atoms with Gasteiger partial charge in [-0.1, -0.05) is 30.3 Å². The lowest BCUT2D eigenvalue weighted by Crippen LogP contribution is -2.33. The van der Waals surface area contributed by atoms with E-state index in [4.69, 9.17) is 16.2 Å². The number of isocyanates is 1. The Labute approximate surface area is 128 Å². The first-order valence-corrected chi connectivity index (χ1v) is 6.88. The fraction of sp³-hybridized carbons (Fsp3) is 0.400. The molecule has 7 heteroatoms. The lowest BCUT2D eigenvalue weighted by atomic mass is 10.1. The van der Waals surface area contributed by atoms with E-state index in [1.807, 2.05) is 30.3 Å². The summed E-state index contributed by atoms with van der Waals surface area (Å²) in [5.41, 5.74) is 12.1. The van der Waals surface area contributed by atoms with Gasteiger partial charge in [0.2, 0.25) is 6.08 Å². The molecule has 118 valence electrons. The molecule has 7 nitrogen and oxygen atoms in total. The highest BCUT2D eigenvalue weighted by Crippen LogP contribution is 2.06. The van der Waals surface area contributed by atoms with Crippen molar-refractivity contribution in [3.63, 3.8) is 0 Å². The highest BCUT2D eigenvalue weighted by atomic mass is 16.5. The number of esters is 1. The van der Waals surface area contributed by atoms with E-state index in [-0.39, 0.29) is 13.0 Å². The smallest absolute Gasteiger partial charge is 0.323 e. The number of carbonyl (C=O) groups is 2. The summed E-state index contributed by atoms with van der Waals surface area (Å²) in [7, 11) is 0. The number of carbonyl (C=O) groups excluding carboxylic acids is 3. The molecule has 0 aliphatic heterocycles. The van der Waals surface area contributed by atoms with Crippen LogP contribution in [0, 0.1) is 0 Å². The maximum Gasteiger partial charge on any atom is 0.323 e. The minimum absolute atomic E-state index is 0.166. The number of nitrogens with two attached hydrogens (primary N) is 2. The van der Waals surface area contributed by atoms with Crippen molar-refractivity contribution in [3.8, 4) is 0 Å². The highest BCUT2D eigenvalue weighted by Gasteiger charge is 2.17. The van der Waals surface area contributed by atoms with Crippen LogP contribution >= 0.6 is 0 Å². The summed E-state index contributed by atoms with van der Waals surface area (Å²) in [4.78, 5) is 35.7. The van der Waals surface area contributed by atoms with E-state index in [9.17, 15) is 14.4 Å². The van der Waals surface area contributed by atoms with E-state index >= 15 is 0 Å². The predicted octanol–water partition coefficient (Wildman–Crippen LogP) is 0.417. The zero-order chi connectivity index (χ0) is 16.4. The standard InChI is InChI=1S/C15H19N3O4/c16-12(14(20)18-10-19)7-4-8-13(17)15(21)22-9-11-5-2-1-3-6-11/h1-3,5-6,12-13H,4,7-9,16-17H2/t12-,13?/m0/s1. The Morgan fingerprint density at radius 2 is 1.77 bits per heavy atom. The van der Waals surface area contributed by atoms with Crippen molar-refractivity contribution in [2.24, 2.45) is 16.5 Å². The van der Waals surface area contributed by atoms with Crippen LogP contribution in [0.4, 0.5) is 0 Å². The number of benzene rings is 1. The topological polar surface area (TPSA) is 125 Å². The van der Waals surface area contributed by atoms with Gasteiger partial charge in [0.1, 0.15) is 12.6 Å². The molecule has 1 unspecified atom stereocenters. The van der Waals surface area contributed by atoms with E-state index < -0.39 is 24.0 Å². The van der Waals surface area contributed by atoms with Gasteiger partial charge in [-0.3, -0.25) is 9.59 Å². The highest BCUT2D eigenvalue weighted by molar-refractivity contribution is 5.86. The fourth-order valence-corrected chi connectivity index (χ4v) is 1.76. The molecular formula is C15H19N3O4. The van der Waals surface area contributed by atoms with Gasteiger partial charge in [-0.25, -0.2) is 4.79 Å². The molecule has 0 aliphatic rings. The summed E-state index contributed by atoms with van der Waals surface area (Å²) in [5, 5.41) is 0. The van der Waals surface area contributed by atoms with Crippen LogP contribution in [0.3, 0.4) is 0 Å². The molecule has 1 amide bonds. The summed E-state index contributed by atoms with van der Waals surface area (Å²) in [5.74, 6) is -1.23. The lowest BCUT2D eigenvalue weighted by molar-refractivity contribution is -0.146. The molecule has 0 aromatic heterocycles. The van der Waals surface area contributed by atoms with Crippen LogP contribution in [0.5, 0.6) is 0 Å². The van der Waals surface area contributed by atoms with Crippen molar-refractivity contribution < 1.29 is 19.1 Å². The number of hydrogen-bond acceptors (Lipinski definition) is 6. The van der Waals surface area contributed by atoms with Gasteiger partial charge in [0, 0.05) is 0 Å². The quantitative estimate of drug-likeness (QED) is 0.407. The van der Waals surface area contributed by atoms with Gasteiger partial charge in [0.05, 0.1) is 6.04 Å². The molecule has 0 radical (unpaired) electrons. The third-order valence-electron chi connectivity index (χ3n) is 3.03. The van der Waals surface area contributed by atoms with Crippen LogP contribution in [0.25, 0.3) is 0 Å². The molecule has 4 N–H and O–H groups in total. The van der Waals surface area contributed by atoms with E-state index in [0.29, 0.717) is 12.8 Å². The Bertz CT molecular complexity index is 541. The maximum atomic E-state index is 11.7. The van der Waals surface area contributed by atoms with E-state index in [2.05, 4.69) is 4.99 Å². The first-order chi connectivity index (χ1) is 10.5. The number of rotatable bonds is 8. The van der Waals surface area contributed by atoms with Crippen molar-refractivity contribution in [2.45, 2.75) is 38.0 Å². The summed E-state index contributed by atoms with van der Waals surface area (Å²) in [6.45, 7) is 0.166. The second kappa shape index (κ2) is 9.57. The van der Waals surface area contributed by atoms with E-state index in [1.165, 1.54) is 0 Å². The van der Waals surface area contributed by atoms with Crippen LogP contribution in [-0.4, -0.2) is 30.0 Å². The summed E-state index contributed by atoms with van der Waals surface area (Å²) in [6, 6.07) is 7.60. The summed E-state index contributed by atoms with van der Waals surface area (Å²) in [6.07, 6.45) is 2.21. The van der Waals surface area contributed by atoms with E-state index in [1.54, 1.807) is 0 Å². The summed E-state index contributed by atoms with van der Waals surface area (Å²) < 4.78 is 5.10. The van der Waals surface area contributed by atoms with Gasteiger partial charge < -0.3 is 16.2 Å². The zero-order valence-electron chi connectivity index (χ0n) is 12.1. The van der Waals surface area contributed by atoms with Gasteiger partial charge >= 0.3 is 5.97 Å². The normalized spacial score (nSPS) is 12.8. The van der Waals surface area contributed by atoms with Crippen LogP contribution < -0.4 is 11.5 Å². The van der Waals surface area contributed by atoms with Crippen LogP contribution in [-0.2, 0) is 25.7 Å². The molecule has 22 heavy (non-hydrogen) atoms. The average molecular weight is 305 g/mol. The van der Waals surface area contributed by atoms with Crippen molar-refractivity contribution in [1.29, 1.82) is 0 Å². The molecule has 0 bridgehead atoms. The Balaban J connectivity index is 2.26. The minimum atomic E-state index is -0.881. The fourth-order valence-electron chi connectivity index (χ4n) is 1.76. The Morgan fingerprint density at radius 1 is 1.14 bits per heavy atom. The Morgan fingerprint density at radius 3 is 2.41 bits per heavy atom. The molecule has 1 aromatic rings. The Kier molecular flexibility index (Phi) is 7.70. The second-order valence-electron chi connectivity index (χ2n) is 4.78. The third kappa shape index (κ3) is 6.41. The first kappa shape index (κ1) is 17.7. The number of aliphatic imine (C=N–C) groups is 1. The van der Waals surface area contributed by atoms with E-state index in [0.717, 1.165) is 11.6 Å². The number of ether oxygens (including phenoxy) is 1. The molecule has 0 saturated heterocycles. The monoisotopic (exact) mass is 305 g/mol. The first-order valence-electron chi connectivity index (χ1n) is 6.88. The summed E-state index contributed by atoms with van der Waals surface area (Å²) >= 11 is 0. The Hall–Kier alpha value is -2.34. The third-order valence-corrected chi connectivity index (χ3v) is 3.03. The molecule has 0 aliphatic carbocycles. The van der Waals surface area contributed by atoms with Crippen molar-refractivity contribution in [2.75, 3.05) is 0 Å². The van der Waals surface area contributed by atoms with Crippen LogP contribution in [0.15, 0.2) is 35.3 Å². The molecule has 1 rings (SSSR count). The number of amides is 1. The molecule has 0 saturated carbocycles. The number of nitrogens with zero attached hydrogens (tertiary/aromatic N) is 1. The molecule has 2 atom stereocenters.